The number of non-ortho nitro benzene ring substituents is 1. The summed E-state index contributed by atoms with van der Waals surface area (Å²) in [4.78, 5) is 23.3. The van der Waals surface area contributed by atoms with Gasteiger partial charge in [-0.25, -0.2) is 4.79 Å². The Labute approximate surface area is 137 Å². The Hall–Kier alpha value is -2.48. The molecule has 1 aromatic carbocycles. The number of ether oxygens (including phenoxy) is 3. The van der Waals surface area contributed by atoms with Gasteiger partial charge < -0.3 is 14.2 Å². The van der Waals surface area contributed by atoms with E-state index in [-0.39, 0.29) is 23.0 Å². The molecule has 1 aromatic rings. The van der Waals surface area contributed by atoms with E-state index < -0.39 is 11.0 Å². The van der Waals surface area contributed by atoms with E-state index >= 15 is 0 Å². The van der Waals surface area contributed by atoms with Crippen molar-refractivity contribution in [2.75, 3.05) is 26.3 Å². The Morgan fingerprint density at radius 2 is 2.35 bits per heavy atom. The SMILES string of the molecule is CCOC(=O)N1CCO/C(=C\Oc2ccc([N+](=O)[O-])cc2Cl)C1. The fourth-order valence-electron chi connectivity index (χ4n) is 1.87. The molecule has 0 radical (unpaired) electrons. The van der Waals surface area contributed by atoms with Gasteiger partial charge in [0.05, 0.1) is 29.6 Å². The van der Waals surface area contributed by atoms with Gasteiger partial charge in [-0.3, -0.25) is 15.0 Å². The van der Waals surface area contributed by atoms with Crippen LogP contribution >= 0.6 is 11.6 Å². The number of nitro groups is 1. The molecule has 9 heteroatoms. The highest BCUT2D eigenvalue weighted by Crippen LogP contribution is 2.29. The molecule has 0 aromatic heterocycles. The predicted molar refractivity (Wildman–Crippen MR) is 81.4 cm³/mol. The molecule has 1 fully saturated rings. The van der Waals surface area contributed by atoms with Gasteiger partial charge in [0.15, 0.2) is 5.76 Å². The van der Waals surface area contributed by atoms with E-state index in [2.05, 4.69) is 0 Å². The van der Waals surface area contributed by atoms with Crippen molar-refractivity contribution >= 4 is 23.4 Å². The van der Waals surface area contributed by atoms with Crippen LogP contribution in [-0.4, -0.2) is 42.2 Å². The molecule has 1 aliphatic rings. The monoisotopic (exact) mass is 342 g/mol. The number of nitro benzene ring substituents is 1. The Bertz CT molecular complexity index is 634. The minimum atomic E-state index is -0.546. The number of nitrogens with zero attached hydrogens (tertiary/aromatic N) is 2. The van der Waals surface area contributed by atoms with Crippen molar-refractivity contribution in [3.63, 3.8) is 0 Å². The molecule has 1 saturated heterocycles. The second-order valence-corrected chi connectivity index (χ2v) is 4.95. The summed E-state index contributed by atoms with van der Waals surface area (Å²) >= 11 is 5.93. The third-order valence-electron chi connectivity index (χ3n) is 2.96. The molecule has 0 N–H and O–H groups in total. The highest BCUT2D eigenvalue weighted by molar-refractivity contribution is 6.32. The predicted octanol–water partition coefficient (Wildman–Crippen LogP) is 2.96. The number of hydrogen-bond donors (Lipinski definition) is 0. The van der Waals surface area contributed by atoms with Crippen LogP contribution in [-0.2, 0) is 9.47 Å². The fraction of sp³-hybridized carbons (Fsp3) is 0.357. The molecule has 1 heterocycles. The Morgan fingerprint density at radius 1 is 1.57 bits per heavy atom. The lowest BCUT2D eigenvalue weighted by atomic mass is 10.3. The number of halogens is 1. The molecule has 1 aliphatic heterocycles. The van der Waals surface area contributed by atoms with Gasteiger partial charge in [0.1, 0.15) is 18.6 Å². The van der Waals surface area contributed by atoms with Crippen LogP contribution in [0.2, 0.25) is 5.02 Å². The number of hydrogen-bond acceptors (Lipinski definition) is 6. The van der Waals surface area contributed by atoms with Crippen LogP contribution in [0.5, 0.6) is 5.75 Å². The van der Waals surface area contributed by atoms with E-state index in [4.69, 9.17) is 25.8 Å². The largest absolute Gasteiger partial charge is 0.491 e. The van der Waals surface area contributed by atoms with Crippen molar-refractivity contribution < 1.29 is 23.9 Å². The summed E-state index contributed by atoms with van der Waals surface area (Å²) in [6.07, 6.45) is 0.897. The minimum Gasteiger partial charge on any atom is -0.491 e. The molecule has 0 saturated carbocycles. The summed E-state index contributed by atoms with van der Waals surface area (Å²) in [6.45, 7) is 2.98. The lowest BCUT2D eigenvalue weighted by Gasteiger charge is -2.27. The molecule has 8 nitrogen and oxygen atoms in total. The van der Waals surface area contributed by atoms with Gasteiger partial charge in [-0.1, -0.05) is 11.6 Å². The smallest absolute Gasteiger partial charge is 0.410 e. The third-order valence-corrected chi connectivity index (χ3v) is 3.26. The summed E-state index contributed by atoms with van der Waals surface area (Å²) in [7, 11) is 0. The quantitative estimate of drug-likeness (QED) is 0.474. The number of carbonyl (C=O) groups excluding carboxylic acids is 1. The Morgan fingerprint density at radius 3 is 3.00 bits per heavy atom. The summed E-state index contributed by atoms with van der Waals surface area (Å²) < 4.78 is 15.7. The standard InChI is InChI=1S/C14H15ClN2O6/c1-2-21-14(18)16-5-6-22-11(8-16)9-23-13-4-3-10(17(19)20)7-12(13)15/h3-4,7,9H,2,5-6,8H2,1H3/b11-9-. The van der Waals surface area contributed by atoms with Crippen LogP contribution in [0, 0.1) is 10.1 Å². The van der Waals surface area contributed by atoms with Crippen LogP contribution in [0.15, 0.2) is 30.2 Å². The number of morpholine rings is 1. The van der Waals surface area contributed by atoms with E-state index in [0.717, 1.165) is 0 Å². The van der Waals surface area contributed by atoms with Gasteiger partial charge in [0, 0.05) is 12.1 Å². The molecule has 0 bridgehead atoms. The molecule has 0 atom stereocenters. The number of benzene rings is 1. The molecule has 124 valence electrons. The first-order chi connectivity index (χ1) is 11.0. The minimum absolute atomic E-state index is 0.106. The van der Waals surface area contributed by atoms with Gasteiger partial charge in [0.25, 0.3) is 5.69 Å². The van der Waals surface area contributed by atoms with E-state index in [9.17, 15) is 14.9 Å². The zero-order chi connectivity index (χ0) is 16.8. The molecule has 23 heavy (non-hydrogen) atoms. The van der Waals surface area contributed by atoms with Crippen molar-refractivity contribution in [1.82, 2.24) is 4.90 Å². The van der Waals surface area contributed by atoms with Crippen LogP contribution in [0.25, 0.3) is 0 Å². The molecule has 0 unspecified atom stereocenters. The zero-order valence-corrected chi connectivity index (χ0v) is 13.1. The van der Waals surface area contributed by atoms with Crippen molar-refractivity contribution in [3.05, 3.63) is 45.4 Å². The fourth-order valence-corrected chi connectivity index (χ4v) is 2.09. The second-order valence-electron chi connectivity index (χ2n) is 4.54. The number of rotatable bonds is 4. The zero-order valence-electron chi connectivity index (χ0n) is 12.4. The van der Waals surface area contributed by atoms with Crippen LogP contribution < -0.4 is 4.74 Å². The number of amides is 1. The van der Waals surface area contributed by atoms with Gasteiger partial charge in [-0.2, -0.15) is 0 Å². The van der Waals surface area contributed by atoms with E-state index in [1.807, 2.05) is 0 Å². The van der Waals surface area contributed by atoms with Crippen molar-refractivity contribution in [2.45, 2.75) is 6.92 Å². The highest BCUT2D eigenvalue weighted by Gasteiger charge is 2.21. The maximum Gasteiger partial charge on any atom is 0.410 e. The Kier molecular flexibility index (Phi) is 5.64. The first-order valence-corrected chi connectivity index (χ1v) is 7.23. The van der Waals surface area contributed by atoms with E-state index in [1.54, 1.807) is 6.92 Å². The van der Waals surface area contributed by atoms with Crippen LogP contribution in [0.3, 0.4) is 0 Å². The van der Waals surface area contributed by atoms with Crippen molar-refractivity contribution in [1.29, 1.82) is 0 Å². The third kappa shape index (κ3) is 4.49. The van der Waals surface area contributed by atoms with Gasteiger partial charge in [-0.15, -0.1) is 0 Å². The highest BCUT2D eigenvalue weighted by atomic mass is 35.5. The van der Waals surface area contributed by atoms with E-state index in [0.29, 0.717) is 25.5 Å². The van der Waals surface area contributed by atoms with E-state index in [1.165, 1.54) is 29.4 Å². The summed E-state index contributed by atoms with van der Waals surface area (Å²) in [5.41, 5.74) is -0.127. The molecular formula is C14H15ClN2O6. The molecule has 1 amide bonds. The first-order valence-electron chi connectivity index (χ1n) is 6.85. The summed E-state index contributed by atoms with van der Waals surface area (Å²) in [6, 6.07) is 3.87. The summed E-state index contributed by atoms with van der Waals surface area (Å²) in [5, 5.41) is 10.8. The summed E-state index contributed by atoms with van der Waals surface area (Å²) in [5.74, 6) is 0.681. The molecule has 0 aliphatic carbocycles. The first kappa shape index (κ1) is 16.9. The lowest BCUT2D eigenvalue weighted by Crippen LogP contribution is -2.40. The van der Waals surface area contributed by atoms with Crippen molar-refractivity contribution in [2.24, 2.45) is 0 Å². The van der Waals surface area contributed by atoms with Gasteiger partial charge in [0.2, 0.25) is 0 Å². The topological polar surface area (TPSA) is 91.1 Å². The van der Waals surface area contributed by atoms with Crippen molar-refractivity contribution in [3.8, 4) is 5.75 Å². The van der Waals surface area contributed by atoms with Crippen LogP contribution in [0.1, 0.15) is 6.92 Å². The number of carbonyl (C=O) groups is 1. The molecule has 0 spiro atoms. The average Bonchev–Trinajstić information content (AvgIpc) is 2.54. The molecular weight excluding hydrogens is 328 g/mol. The van der Waals surface area contributed by atoms with Gasteiger partial charge in [-0.05, 0) is 13.0 Å². The van der Waals surface area contributed by atoms with Crippen LogP contribution in [0.4, 0.5) is 10.5 Å². The lowest BCUT2D eigenvalue weighted by molar-refractivity contribution is -0.384. The Balaban J connectivity index is 2.02. The maximum atomic E-state index is 11.7. The molecule has 2 rings (SSSR count). The van der Waals surface area contributed by atoms with Gasteiger partial charge >= 0.3 is 6.09 Å². The normalized spacial score (nSPS) is 15.9. The second kappa shape index (κ2) is 7.68. The average molecular weight is 343 g/mol. The maximum absolute atomic E-state index is 11.7.